The molecular weight excluding hydrogens is 539 g/mol. The number of methoxy groups -OCH3 is 1. The minimum absolute atomic E-state index is 0.00965. The topological polar surface area (TPSA) is 76.2 Å². The number of halogens is 2. The van der Waals surface area contributed by atoms with E-state index < -0.39 is 17.7 Å². The highest BCUT2D eigenvalue weighted by atomic mass is 35.5. The first-order valence-corrected chi connectivity index (χ1v) is 13.0. The van der Waals surface area contributed by atoms with Crippen LogP contribution in [-0.4, -0.2) is 49.4 Å². The molecule has 9 heteroatoms. The second-order valence-electron chi connectivity index (χ2n) is 8.82. The molecule has 0 saturated heterocycles. The van der Waals surface area contributed by atoms with Gasteiger partial charge in [-0.1, -0.05) is 47.5 Å². The molecule has 1 aliphatic rings. The summed E-state index contributed by atoms with van der Waals surface area (Å²) in [4.78, 5) is 43.5. The number of ether oxygens (including phenoxy) is 2. The van der Waals surface area contributed by atoms with Gasteiger partial charge in [0.25, 0.3) is 17.7 Å². The maximum absolute atomic E-state index is 13.9. The number of rotatable bonds is 8. The molecule has 1 heterocycles. The fourth-order valence-electron chi connectivity index (χ4n) is 4.79. The Bertz CT molecular complexity index is 1550. The van der Waals surface area contributed by atoms with E-state index in [2.05, 4.69) is 0 Å². The standard InChI is InChI=1S/C30H24Cl2N2O5/c1-3-39-21-12-10-20(11-13-21)33(30(37)24-16-19(31)17-25(32)27(24)38-2)14-15-34-28(35)22-8-4-6-18-7-5-9-23(26(18)22)29(34)36/h4-13,16-17H,3,14-15H2,1-2H3. The van der Waals surface area contributed by atoms with Gasteiger partial charge in [0.05, 0.1) is 24.3 Å². The lowest BCUT2D eigenvalue weighted by Gasteiger charge is -2.30. The molecule has 0 aromatic heterocycles. The third-order valence-corrected chi connectivity index (χ3v) is 7.05. The van der Waals surface area contributed by atoms with E-state index in [0.717, 1.165) is 5.39 Å². The van der Waals surface area contributed by atoms with Gasteiger partial charge in [0.2, 0.25) is 0 Å². The SMILES string of the molecule is CCOc1ccc(N(CCN2C(=O)c3cccc4cccc(c34)C2=O)C(=O)c2cc(Cl)cc(Cl)c2OC)cc1. The van der Waals surface area contributed by atoms with Crippen LogP contribution in [0.15, 0.2) is 72.8 Å². The van der Waals surface area contributed by atoms with Crippen molar-refractivity contribution in [1.82, 2.24) is 4.90 Å². The van der Waals surface area contributed by atoms with Crippen LogP contribution in [0.1, 0.15) is 38.0 Å². The van der Waals surface area contributed by atoms with Crippen LogP contribution in [0.5, 0.6) is 11.5 Å². The van der Waals surface area contributed by atoms with Crippen LogP contribution in [0.3, 0.4) is 0 Å². The number of carbonyl (C=O) groups excluding carboxylic acids is 3. The zero-order valence-electron chi connectivity index (χ0n) is 21.2. The van der Waals surface area contributed by atoms with Crippen LogP contribution >= 0.6 is 23.2 Å². The molecule has 0 bridgehead atoms. The molecule has 0 N–H and O–H groups in total. The molecule has 4 aromatic rings. The van der Waals surface area contributed by atoms with Gasteiger partial charge in [0.1, 0.15) is 11.5 Å². The van der Waals surface area contributed by atoms with Crippen LogP contribution in [0, 0.1) is 0 Å². The van der Waals surface area contributed by atoms with Crippen LogP contribution in [0.4, 0.5) is 5.69 Å². The third-order valence-electron chi connectivity index (χ3n) is 6.55. The molecule has 0 radical (unpaired) electrons. The molecule has 39 heavy (non-hydrogen) atoms. The Morgan fingerprint density at radius 2 is 1.56 bits per heavy atom. The zero-order chi connectivity index (χ0) is 27.7. The number of nitrogens with zero attached hydrogens (tertiary/aromatic N) is 2. The molecule has 5 rings (SSSR count). The largest absolute Gasteiger partial charge is 0.494 e. The predicted molar refractivity (Wildman–Crippen MR) is 152 cm³/mol. The van der Waals surface area contributed by atoms with Crippen molar-refractivity contribution in [1.29, 1.82) is 0 Å². The summed E-state index contributed by atoms with van der Waals surface area (Å²) in [5.41, 5.74) is 1.58. The Balaban J connectivity index is 1.51. The average molecular weight is 563 g/mol. The molecule has 0 saturated carbocycles. The van der Waals surface area contributed by atoms with Crippen molar-refractivity contribution in [2.24, 2.45) is 0 Å². The van der Waals surface area contributed by atoms with E-state index in [-0.39, 0.29) is 34.4 Å². The van der Waals surface area contributed by atoms with Gasteiger partial charge in [-0.05, 0) is 60.8 Å². The van der Waals surface area contributed by atoms with Gasteiger partial charge in [-0.25, -0.2) is 0 Å². The molecule has 3 amide bonds. The quantitative estimate of drug-likeness (QED) is 0.229. The van der Waals surface area contributed by atoms with Gasteiger partial charge in [-0.15, -0.1) is 0 Å². The number of benzene rings is 4. The summed E-state index contributed by atoms with van der Waals surface area (Å²) in [7, 11) is 1.41. The second kappa shape index (κ2) is 11.0. The highest BCUT2D eigenvalue weighted by Crippen LogP contribution is 2.35. The summed E-state index contributed by atoms with van der Waals surface area (Å²) >= 11 is 12.5. The number of carbonyl (C=O) groups is 3. The maximum atomic E-state index is 13.9. The fraction of sp³-hybridized carbons (Fsp3) is 0.167. The van der Waals surface area contributed by atoms with Crippen molar-refractivity contribution >= 4 is 57.4 Å². The molecule has 7 nitrogen and oxygen atoms in total. The molecule has 0 spiro atoms. The normalized spacial score (nSPS) is 12.6. The first-order chi connectivity index (χ1) is 18.8. The molecular formula is C30H24Cl2N2O5. The number of anilines is 1. The number of imide groups is 1. The van der Waals surface area contributed by atoms with Crippen molar-refractivity contribution in [3.8, 4) is 11.5 Å². The van der Waals surface area contributed by atoms with Crippen LogP contribution in [0.25, 0.3) is 10.8 Å². The van der Waals surface area contributed by atoms with Gasteiger partial charge in [0, 0.05) is 40.3 Å². The highest BCUT2D eigenvalue weighted by Gasteiger charge is 2.33. The van der Waals surface area contributed by atoms with Crippen LogP contribution < -0.4 is 14.4 Å². The van der Waals surface area contributed by atoms with E-state index in [1.165, 1.54) is 29.0 Å². The molecule has 198 valence electrons. The summed E-state index contributed by atoms with van der Waals surface area (Å²) in [6, 6.07) is 20.7. The molecule has 0 unspecified atom stereocenters. The van der Waals surface area contributed by atoms with Crippen LogP contribution in [-0.2, 0) is 0 Å². The molecule has 4 aromatic carbocycles. The number of hydrogen-bond donors (Lipinski definition) is 0. The average Bonchev–Trinajstić information content (AvgIpc) is 2.93. The van der Waals surface area contributed by atoms with Gasteiger partial charge < -0.3 is 14.4 Å². The lowest BCUT2D eigenvalue weighted by atomic mass is 9.94. The van der Waals surface area contributed by atoms with Gasteiger partial charge in [-0.3, -0.25) is 19.3 Å². The minimum Gasteiger partial charge on any atom is -0.494 e. The Labute approximate surface area is 235 Å². The van der Waals surface area contributed by atoms with Crippen molar-refractivity contribution in [2.45, 2.75) is 6.92 Å². The Morgan fingerprint density at radius 3 is 2.15 bits per heavy atom. The van der Waals surface area contributed by atoms with Crippen molar-refractivity contribution in [2.75, 3.05) is 31.7 Å². The summed E-state index contributed by atoms with van der Waals surface area (Å²) < 4.78 is 11.0. The van der Waals surface area contributed by atoms with E-state index >= 15 is 0 Å². The van der Waals surface area contributed by atoms with E-state index in [1.54, 1.807) is 48.5 Å². The fourth-order valence-corrected chi connectivity index (χ4v) is 5.36. The van der Waals surface area contributed by atoms with E-state index in [0.29, 0.717) is 34.6 Å². The van der Waals surface area contributed by atoms with Crippen LogP contribution in [0.2, 0.25) is 10.0 Å². The molecule has 0 aliphatic carbocycles. The lowest BCUT2D eigenvalue weighted by Crippen LogP contribution is -2.46. The zero-order valence-corrected chi connectivity index (χ0v) is 22.8. The van der Waals surface area contributed by atoms with Crippen molar-refractivity contribution in [3.63, 3.8) is 0 Å². The Kier molecular flexibility index (Phi) is 7.46. The van der Waals surface area contributed by atoms with Crippen molar-refractivity contribution in [3.05, 3.63) is 99.5 Å². The summed E-state index contributed by atoms with van der Waals surface area (Å²) in [5, 5.41) is 1.92. The lowest BCUT2D eigenvalue weighted by molar-refractivity contribution is 0.0611. The molecule has 0 fully saturated rings. The monoisotopic (exact) mass is 562 g/mol. The van der Waals surface area contributed by atoms with Crippen molar-refractivity contribution < 1.29 is 23.9 Å². The predicted octanol–water partition coefficient (Wildman–Crippen LogP) is 6.50. The summed E-state index contributed by atoms with van der Waals surface area (Å²) in [5.74, 6) is -0.464. The second-order valence-corrected chi connectivity index (χ2v) is 9.67. The summed E-state index contributed by atoms with van der Waals surface area (Å²) in [6.07, 6.45) is 0. The first kappa shape index (κ1) is 26.5. The van der Waals surface area contributed by atoms with Gasteiger partial charge in [-0.2, -0.15) is 0 Å². The Hall–Kier alpha value is -4.07. The minimum atomic E-state index is -0.459. The smallest absolute Gasteiger partial charge is 0.262 e. The number of hydrogen-bond acceptors (Lipinski definition) is 5. The third kappa shape index (κ3) is 4.91. The molecule has 0 atom stereocenters. The Morgan fingerprint density at radius 1 is 0.923 bits per heavy atom. The van der Waals surface area contributed by atoms with E-state index in [4.69, 9.17) is 32.7 Å². The summed E-state index contributed by atoms with van der Waals surface area (Å²) in [6.45, 7) is 2.34. The van der Waals surface area contributed by atoms with Gasteiger partial charge >= 0.3 is 0 Å². The highest BCUT2D eigenvalue weighted by molar-refractivity contribution is 6.36. The first-order valence-electron chi connectivity index (χ1n) is 12.3. The molecule has 1 aliphatic heterocycles. The van der Waals surface area contributed by atoms with E-state index in [9.17, 15) is 14.4 Å². The maximum Gasteiger partial charge on any atom is 0.262 e. The van der Waals surface area contributed by atoms with E-state index in [1.807, 2.05) is 19.1 Å². The number of amides is 3. The van der Waals surface area contributed by atoms with Gasteiger partial charge in [0.15, 0.2) is 0 Å².